The molecule has 1 heteroatoms. The first-order valence-corrected chi connectivity index (χ1v) is 20.4. The number of allylic oxidation sites excluding steroid dienone is 1. The second kappa shape index (κ2) is 15.1. The summed E-state index contributed by atoms with van der Waals surface area (Å²) in [5.41, 5.74) is 17.5. The summed E-state index contributed by atoms with van der Waals surface area (Å²) in [4.78, 5) is 2.38. The number of anilines is 3. The average molecular weight is 754 g/mol. The Bertz CT molecular complexity index is 2930. The maximum Gasteiger partial charge on any atom is 0.0714 e. The molecule has 0 radical (unpaired) electrons. The molecule has 59 heavy (non-hydrogen) atoms. The molecule has 0 bridgehead atoms. The summed E-state index contributed by atoms with van der Waals surface area (Å²) in [5, 5.41) is 2.42. The van der Waals surface area contributed by atoms with E-state index in [0.717, 1.165) is 22.6 Å². The van der Waals surface area contributed by atoms with Gasteiger partial charge in [0.1, 0.15) is 0 Å². The summed E-state index contributed by atoms with van der Waals surface area (Å²) in [7, 11) is 0. The average Bonchev–Trinajstić information content (AvgIpc) is 3.61. The molecule has 0 saturated heterocycles. The third kappa shape index (κ3) is 6.02. The fourth-order valence-electron chi connectivity index (χ4n) is 9.41. The molecule has 0 aliphatic heterocycles. The molecule has 9 aromatic carbocycles. The van der Waals surface area contributed by atoms with Crippen LogP contribution in [0.1, 0.15) is 40.3 Å². The first-order valence-electron chi connectivity index (χ1n) is 20.4. The molecule has 0 aromatic heterocycles. The quantitative estimate of drug-likeness (QED) is 0.142. The lowest BCUT2D eigenvalue weighted by molar-refractivity contribution is 0.768. The zero-order valence-electron chi connectivity index (χ0n) is 33.1. The van der Waals surface area contributed by atoms with Crippen LogP contribution in [0.25, 0.3) is 56.3 Å². The fourth-order valence-corrected chi connectivity index (χ4v) is 9.41. The molecule has 0 N–H and O–H groups in total. The Hall–Kier alpha value is -7.48. The molecule has 0 fully saturated rings. The van der Waals surface area contributed by atoms with Gasteiger partial charge in [-0.1, -0.05) is 201 Å². The van der Waals surface area contributed by atoms with E-state index in [1.165, 1.54) is 72.0 Å². The minimum Gasteiger partial charge on any atom is -0.310 e. The van der Waals surface area contributed by atoms with Crippen molar-refractivity contribution in [2.24, 2.45) is 0 Å². The number of benzene rings is 9. The summed E-state index contributed by atoms with van der Waals surface area (Å²) >= 11 is 0. The van der Waals surface area contributed by atoms with Crippen LogP contribution in [0.15, 0.2) is 225 Å². The predicted molar refractivity (Wildman–Crippen MR) is 252 cm³/mol. The lowest BCUT2D eigenvalue weighted by Gasteiger charge is -2.34. The second-order valence-corrected chi connectivity index (χ2v) is 15.2. The van der Waals surface area contributed by atoms with Crippen LogP contribution >= 0.6 is 0 Å². The molecule has 0 unspecified atom stereocenters. The van der Waals surface area contributed by atoms with Crippen molar-refractivity contribution in [3.05, 3.63) is 258 Å². The van der Waals surface area contributed by atoms with E-state index in [0.29, 0.717) is 0 Å². The first-order chi connectivity index (χ1) is 29.2. The van der Waals surface area contributed by atoms with E-state index in [4.69, 9.17) is 0 Å². The lowest BCUT2D eigenvalue weighted by atomic mass is 9.67. The van der Waals surface area contributed by atoms with Crippen LogP contribution in [0.5, 0.6) is 0 Å². The van der Waals surface area contributed by atoms with E-state index in [1.54, 1.807) is 0 Å². The third-order valence-electron chi connectivity index (χ3n) is 12.0. The summed E-state index contributed by atoms with van der Waals surface area (Å²) in [5.74, 6) is 0. The highest BCUT2D eigenvalue weighted by Crippen LogP contribution is 2.58. The largest absolute Gasteiger partial charge is 0.310 e. The molecule has 1 nitrogen and oxygen atoms in total. The molecule has 0 heterocycles. The Kier molecular flexibility index (Phi) is 9.20. The monoisotopic (exact) mass is 753 g/mol. The Labute approximate surface area is 347 Å². The Morgan fingerprint density at radius 3 is 1.64 bits per heavy atom. The van der Waals surface area contributed by atoms with E-state index < -0.39 is 5.41 Å². The maximum absolute atomic E-state index is 4.35. The highest BCUT2D eigenvalue weighted by Gasteiger charge is 2.47. The SMILES string of the molecule is C=Cc1c(/C=C\C)ccc2c1-c1ccc(-c3ccc(N(c4ccc(-c5ccccc5)cc4)c4cccc5ccccc45)cc3)cc1C2(c1ccccc1)c1ccccc1. The van der Waals surface area contributed by atoms with Crippen molar-refractivity contribution in [1.29, 1.82) is 0 Å². The van der Waals surface area contributed by atoms with Crippen LogP contribution in [0.4, 0.5) is 17.1 Å². The van der Waals surface area contributed by atoms with Crippen molar-refractivity contribution in [2.75, 3.05) is 4.90 Å². The number of fused-ring (bicyclic) bond motifs is 4. The van der Waals surface area contributed by atoms with Crippen molar-refractivity contribution < 1.29 is 0 Å². The summed E-state index contributed by atoms with van der Waals surface area (Å²) < 4.78 is 0. The maximum atomic E-state index is 4.35. The van der Waals surface area contributed by atoms with Crippen molar-refractivity contribution in [2.45, 2.75) is 12.3 Å². The van der Waals surface area contributed by atoms with Gasteiger partial charge in [-0.05, 0) is 115 Å². The van der Waals surface area contributed by atoms with Crippen LogP contribution in [0.3, 0.4) is 0 Å². The highest BCUT2D eigenvalue weighted by molar-refractivity contribution is 5.99. The van der Waals surface area contributed by atoms with Gasteiger partial charge in [0.05, 0.1) is 11.1 Å². The van der Waals surface area contributed by atoms with E-state index >= 15 is 0 Å². The van der Waals surface area contributed by atoms with Crippen LogP contribution < -0.4 is 4.90 Å². The van der Waals surface area contributed by atoms with Gasteiger partial charge in [-0.15, -0.1) is 0 Å². The predicted octanol–water partition coefficient (Wildman–Crippen LogP) is 15.7. The fraction of sp³-hybridized carbons (Fsp3) is 0.0345. The molecule has 280 valence electrons. The second-order valence-electron chi connectivity index (χ2n) is 15.2. The first kappa shape index (κ1) is 35.9. The van der Waals surface area contributed by atoms with Gasteiger partial charge in [0.15, 0.2) is 0 Å². The van der Waals surface area contributed by atoms with E-state index in [1.807, 2.05) is 6.08 Å². The van der Waals surface area contributed by atoms with Crippen LogP contribution in [-0.2, 0) is 5.41 Å². The molecule has 1 aliphatic carbocycles. The van der Waals surface area contributed by atoms with Gasteiger partial charge in [-0.3, -0.25) is 0 Å². The number of rotatable bonds is 9. The normalized spacial score (nSPS) is 12.6. The van der Waals surface area contributed by atoms with E-state index in [-0.39, 0.29) is 0 Å². The van der Waals surface area contributed by atoms with Gasteiger partial charge in [0.25, 0.3) is 0 Å². The van der Waals surface area contributed by atoms with Crippen molar-refractivity contribution >= 4 is 40.0 Å². The molecule has 0 saturated carbocycles. The Morgan fingerprint density at radius 2 is 1.02 bits per heavy atom. The Morgan fingerprint density at radius 1 is 0.475 bits per heavy atom. The Balaban J connectivity index is 1.13. The number of hydrogen-bond donors (Lipinski definition) is 0. The minimum absolute atomic E-state index is 0.521. The summed E-state index contributed by atoms with van der Waals surface area (Å²) in [6.07, 6.45) is 6.34. The van der Waals surface area contributed by atoms with Gasteiger partial charge in [-0.2, -0.15) is 0 Å². The molecule has 0 spiro atoms. The van der Waals surface area contributed by atoms with Crippen molar-refractivity contribution in [1.82, 2.24) is 0 Å². The molecule has 10 rings (SSSR count). The molecular weight excluding hydrogens is 711 g/mol. The molecule has 0 amide bonds. The van der Waals surface area contributed by atoms with E-state index in [9.17, 15) is 0 Å². The number of nitrogens with zero attached hydrogens (tertiary/aromatic N) is 1. The van der Waals surface area contributed by atoms with Crippen molar-refractivity contribution in [3.63, 3.8) is 0 Å². The standard InChI is InChI=1S/C58H43N/c1-3-17-44-33-39-54-57(51(44)4-2)53-38-32-46(40-55(53)58(54,47-22-10-6-11-23-47)48-24-12-7-13-25-48)43-30-36-50(37-31-43)59(56-27-16-21-45-20-14-15-26-52(45)56)49-34-28-42(29-35-49)41-18-8-5-9-19-41/h3-40H,2H2,1H3/b17-3-. The molecule has 1 aliphatic rings. The van der Waals surface area contributed by atoms with Crippen LogP contribution in [-0.4, -0.2) is 0 Å². The van der Waals surface area contributed by atoms with Gasteiger partial charge in [-0.25, -0.2) is 0 Å². The molecule has 0 atom stereocenters. The third-order valence-corrected chi connectivity index (χ3v) is 12.0. The van der Waals surface area contributed by atoms with Crippen molar-refractivity contribution in [3.8, 4) is 33.4 Å². The smallest absolute Gasteiger partial charge is 0.0714 e. The zero-order valence-corrected chi connectivity index (χ0v) is 33.1. The van der Waals surface area contributed by atoms with E-state index in [2.05, 4.69) is 243 Å². The topological polar surface area (TPSA) is 3.24 Å². The zero-order chi connectivity index (χ0) is 39.8. The molecular formula is C58H43N. The highest BCUT2D eigenvalue weighted by atomic mass is 15.1. The molecule has 9 aromatic rings. The lowest BCUT2D eigenvalue weighted by Crippen LogP contribution is -2.28. The van der Waals surface area contributed by atoms with Gasteiger partial charge < -0.3 is 4.90 Å². The minimum atomic E-state index is -0.521. The van der Waals surface area contributed by atoms with Gasteiger partial charge >= 0.3 is 0 Å². The number of hydrogen-bond acceptors (Lipinski definition) is 1. The van der Waals surface area contributed by atoms with Gasteiger partial charge in [0, 0.05) is 16.8 Å². The summed E-state index contributed by atoms with van der Waals surface area (Å²) in [6.45, 7) is 6.42. The van der Waals surface area contributed by atoms with Crippen LogP contribution in [0.2, 0.25) is 0 Å². The van der Waals surface area contributed by atoms with Gasteiger partial charge in [0.2, 0.25) is 0 Å². The van der Waals surface area contributed by atoms with Crippen LogP contribution in [0, 0.1) is 0 Å². The summed E-state index contributed by atoms with van der Waals surface area (Å²) in [6, 6.07) is 77.5.